The van der Waals surface area contributed by atoms with Gasteiger partial charge in [-0.3, -0.25) is 14.2 Å². The molecule has 0 aliphatic heterocycles. The quantitative estimate of drug-likeness (QED) is 0.749. The number of rotatable bonds is 4. The zero-order chi connectivity index (χ0) is 16.4. The van der Waals surface area contributed by atoms with Gasteiger partial charge in [0.2, 0.25) is 0 Å². The number of fused-ring (bicyclic) bond motifs is 1. The predicted octanol–water partition coefficient (Wildman–Crippen LogP) is 3.20. The van der Waals surface area contributed by atoms with Crippen LogP contribution >= 0.6 is 11.3 Å². The van der Waals surface area contributed by atoms with Gasteiger partial charge in [-0.2, -0.15) is 0 Å². The number of amides is 1. The van der Waals surface area contributed by atoms with Crippen molar-refractivity contribution < 1.29 is 4.79 Å². The second-order valence-corrected chi connectivity index (χ2v) is 6.05. The second-order valence-electron chi connectivity index (χ2n) is 5.05. The van der Waals surface area contributed by atoms with Crippen molar-refractivity contribution in [2.24, 2.45) is 0 Å². The van der Waals surface area contributed by atoms with E-state index in [9.17, 15) is 9.59 Å². The summed E-state index contributed by atoms with van der Waals surface area (Å²) < 4.78 is 1.48. The Labute approximate surface area is 136 Å². The molecule has 0 fully saturated rings. The molecule has 2 heterocycles. The van der Waals surface area contributed by atoms with Crippen LogP contribution in [-0.2, 0) is 6.54 Å². The Balaban J connectivity index is 2.03. The van der Waals surface area contributed by atoms with Gasteiger partial charge in [-0.05, 0) is 24.6 Å². The number of hydrogen-bond donors (Lipinski definition) is 1. The molecule has 0 spiro atoms. The van der Waals surface area contributed by atoms with Crippen LogP contribution in [0.5, 0.6) is 0 Å². The molecule has 0 bridgehead atoms. The van der Waals surface area contributed by atoms with E-state index in [1.54, 1.807) is 13.0 Å². The molecule has 1 N–H and O–H groups in total. The van der Waals surface area contributed by atoms with Gasteiger partial charge >= 0.3 is 0 Å². The SMILES string of the molecule is C=CCn1cnc2sc(C(=O)Nc3ccccc3)c(C)c2c1=O. The molecule has 0 unspecified atom stereocenters. The van der Waals surface area contributed by atoms with Crippen LogP contribution < -0.4 is 10.9 Å². The van der Waals surface area contributed by atoms with E-state index in [1.165, 1.54) is 22.2 Å². The molecule has 0 aliphatic rings. The van der Waals surface area contributed by atoms with Crippen molar-refractivity contribution in [2.45, 2.75) is 13.5 Å². The largest absolute Gasteiger partial charge is 0.321 e. The van der Waals surface area contributed by atoms with E-state index in [1.807, 2.05) is 30.3 Å². The van der Waals surface area contributed by atoms with E-state index < -0.39 is 0 Å². The van der Waals surface area contributed by atoms with Crippen LogP contribution in [0.3, 0.4) is 0 Å². The first-order valence-corrected chi connectivity index (χ1v) is 7.89. The number of hydrogen-bond acceptors (Lipinski definition) is 4. The van der Waals surface area contributed by atoms with E-state index in [0.29, 0.717) is 32.9 Å². The van der Waals surface area contributed by atoms with Crippen LogP contribution in [0, 0.1) is 6.92 Å². The summed E-state index contributed by atoms with van der Waals surface area (Å²) in [5.41, 5.74) is 1.23. The molecule has 23 heavy (non-hydrogen) atoms. The van der Waals surface area contributed by atoms with Crippen LogP contribution in [-0.4, -0.2) is 15.5 Å². The summed E-state index contributed by atoms with van der Waals surface area (Å²) in [7, 11) is 0. The Morgan fingerprint density at radius 3 is 2.83 bits per heavy atom. The summed E-state index contributed by atoms with van der Waals surface area (Å²) in [6.45, 7) is 5.80. The minimum absolute atomic E-state index is 0.151. The number of allylic oxidation sites excluding steroid dienone is 1. The number of nitrogens with zero attached hydrogens (tertiary/aromatic N) is 2. The fraction of sp³-hybridized carbons (Fsp3) is 0.118. The maximum atomic E-state index is 12.5. The maximum Gasteiger partial charge on any atom is 0.266 e. The highest BCUT2D eigenvalue weighted by atomic mass is 32.1. The highest BCUT2D eigenvalue weighted by molar-refractivity contribution is 7.20. The van der Waals surface area contributed by atoms with Gasteiger partial charge in [-0.15, -0.1) is 17.9 Å². The normalized spacial score (nSPS) is 10.7. The van der Waals surface area contributed by atoms with Gasteiger partial charge in [-0.25, -0.2) is 4.98 Å². The number of aryl methyl sites for hydroxylation is 1. The van der Waals surface area contributed by atoms with Crippen LogP contribution in [0.4, 0.5) is 5.69 Å². The lowest BCUT2D eigenvalue weighted by atomic mass is 10.2. The summed E-state index contributed by atoms with van der Waals surface area (Å²) in [5, 5.41) is 3.34. The van der Waals surface area contributed by atoms with Crippen molar-refractivity contribution in [2.75, 3.05) is 5.32 Å². The summed E-state index contributed by atoms with van der Waals surface area (Å²) >= 11 is 1.23. The topological polar surface area (TPSA) is 64.0 Å². The molecular formula is C17H15N3O2S. The van der Waals surface area contributed by atoms with Gasteiger partial charge in [0.15, 0.2) is 0 Å². The monoisotopic (exact) mass is 325 g/mol. The van der Waals surface area contributed by atoms with Crippen molar-refractivity contribution in [1.82, 2.24) is 9.55 Å². The van der Waals surface area contributed by atoms with Crippen LogP contribution in [0.2, 0.25) is 0 Å². The van der Waals surface area contributed by atoms with Crippen molar-refractivity contribution in [3.05, 3.63) is 70.1 Å². The van der Waals surface area contributed by atoms with Crippen molar-refractivity contribution >= 4 is 33.1 Å². The average Bonchev–Trinajstić information content (AvgIpc) is 2.89. The Kier molecular flexibility index (Phi) is 4.08. The second kappa shape index (κ2) is 6.18. The first kappa shape index (κ1) is 15.2. The van der Waals surface area contributed by atoms with E-state index in [4.69, 9.17) is 0 Å². The van der Waals surface area contributed by atoms with Crippen LogP contribution in [0.25, 0.3) is 10.2 Å². The molecule has 5 nitrogen and oxygen atoms in total. The zero-order valence-corrected chi connectivity index (χ0v) is 13.4. The summed E-state index contributed by atoms with van der Waals surface area (Å²) in [6, 6.07) is 9.21. The highest BCUT2D eigenvalue weighted by Crippen LogP contribution is 2.27. The molecule has 0 saturated heterocycles. The molecule has 6 heteroatoms. The first-order valence-electron chi connectivity index (χ1n) is 7.07. The minimum atomic E-state index is -0.230. The summed E-state index contributed by atoms with van der Waals surface area (Å²) in [4.78, 5) is 30.3. The third-order valence-corrected chi connectivity index (χ3v) is 4.68. The average molecular weight is 325 g/mol. The molecule has 0 saturated carbocycles. The number of anilines is 1. The third kappa shape index (κ3) is 2.80. The van der Waals surface area contributed by atoms with Crippen molar-refractivity contribution in [3.63, 3.8) is 0 Å². The molecule has 116 valence electrons. The molecule has 1 amide bonds. The molecule has 3 rings (SSSR count). The summed E-state index contributed by atoms with van der Waals surface area (Å²) in [5.74, 6) is -0.230. The number of carbonyl (C=O) groups is 1. The third-order valence-electron chi connectivity index (χ3n) is 3.48. The molecule has 0 atom stereocenters. The maximum absolute atomic E-state index is 12.5. The molecule has 0 radical (unpaired) electrons. The molecular weight excluding hydrogens is 310 g/mol. The van der Waals surface area contributed by atoms with Gasteiger partial charge in [0.25, 0.3) is 11.5 Å². The van der Waals surface area contributed by atoms with E-state index in [2.05, 4.69) is 16.9 Å². The van der Waals surface area contributed by atoms with Gasteiger partial charge < -0.3 is 5.32 Å². The standard InChI is InChI=1S/C17H15N3O2S/c1-3-9-20-10-18-16-13(17(20)22)11(2)14(23-16)15(21)19-12-7-5-4-6-8-12/h3-8,10H,1,9H2,2H3,(H,19,21). The van der Waals surface area contributed by atoms with Gasteiger partial charge in [0, 0.05) is 12.2 Å². The lowest BCUT2D eigenvalue weighted by molar-refractivity contribution is 0.103. The van der Waals surface area contributed by atoms with Crippen LogP contribution in [0.15, 0.2) is 54.1 Å². The Morgan fingerprint density at radius 2 is 2.13 bits per heavy atom. The van der Waals surface area contributed by atoms with Crippen molar-refractivity contribution in [3.8, 4) is 0 Å². The van der Waals surface area contributed by atoms with Gasteiger partial charge in [0.1, 0.15) is 4.83 Å². The van der Waals surface area contributed by atoms with E-state index in [-0.39, 0.29) is 11.5 Å². The Morgan fingerprint density at radius 1 is 1.39 bits per heavy atom. The van der Waals surface area contributed by atoms with Crippen LogP contribution in [0.1, 0.15) is 15.2 Å². The van der Waals surface area contributed by atoms with E-state index >= 15 is 0 Å². The smallest absolute Gasteiger partial charge is 0.266 e. The lowest BCUT2D eigenvalue weighted by Gasteiger charge is -2.03. The molecule has 3 aromatic rings. The fourth-order valence-electron chi connectivity index (χ4n) is 2.35. The summed E-state index contributed by atoms with van der Waals surface area (Å²) in [6.07, 6.45) is 3.13. The molecule has 1 aromatic carbocycles. The number of aromatic nitrogens is 2. The lowest BCUT2D eigenvalue weighted by Crippen LogP contribution is -2.20. The Hall–Kier alpha value is -2.73. The number of thiophene rings is 1. The fourth-order valence-corrected chi connectivity index (χ4v) is 3.39. The molecule has 0 aliphatic carbocycles. The van der Waals surface area contributed by atoms with Crippen molar-refractivity contribution in [1.29, 1.82) is 0 Å². The van der Waals surface area contributed by atoms with E-state index in [0.717, 1.165) is 0 Å². The molecule has 2 aromatic heterocycles. The number of benzene rings is 1. The Bertz CT molecular complexity index is 942. The predicted molar refractivity (Wildman–Crippen MR) is 93.2 cm³/mol. The minimum Gasteiger partial charge on any atom is -0.321 e. The number of nitrogens with one attached hydrogen (secondary N) is 1. The first-order chi connectivity index (χ1) is 11.1. The number of para-hydroxylation sites is 1. The highest BCUT2D eigenvalue weighted by Gasteiger charge is 2.19. The zero-order valence-electron chi connectivity index (χ0n) is 12.6. The van der Waals surface area contributed by atoms with Gasteiger partial charge in [0.05, 0.1) is 16.6 Å². The van der Waals surface area contributed by atoms with Gasteiger partial charge in [-0.1, -0.05) is 24.3 Å². The number of carbonyl (C=O) groups excluding carboxylic acids is 1.